The van der Waals surface area contributed by atoms with Gasteiger partial charge in [-0.1, -0.05) is 18.7 Å². The van der Waals surface area contributed by atoms with Gasteiger partial charge in [-0.3, -0.25) is 9.59 Å². The van der Waals surface area contributed by atoms with Gasteiger partial charge in [0.25, 0.3) is 11.7 Å². The number of rotatable bonds is 11. The van der Waals surface area contributed by atoms with E-state index in [-0.39, 0.29) is 17.9 Å². The number of ketones is 1. The molecule has 1 amide bonds. The van der Waals surface area contributed by atoms with Crippen LogP contribution in [0, 0.1) is 0 Å². The fourth-order valence-corrected chi connectivity index (χ4v) is 3.86. The predicted molar refractivity (Wildman–Crippen MR) is 127 cm³/mol. The Morgan fingerprint density at radius 1 is 1.06 bits per heavy atom. The summed E-state index contributed by atoms with van der Waals surface area (Å²) in [5, 5.41) is 11.1. The standard InChI is InChI=1S/C26H29NO7/c1-5-14-34-20-12-9-18(16-21(20)33-4)23-22(24(28)17-7-10-19(32-3)11-8-17)25(29)26(30)27(23)13-6-15-31-2/h5,7-12,16,23,28H,1,6,13-15H2,2-4H3/b24-22-. The normalized spacial score (nSPS) is 17.0. The zero-order chi connectivity index (χ0) is 24.7. The minimum atomic E-state index is -0.804. The molecule has 1 saturated heterocycles. The number of nitrogens with zero attached hydrogens (tertiary/aromatic N) is 1. The van der Waals surface area contributed by atoms with Crippen molar-refractivity contribution in [1.82, 2.24) is 4.90 Å². The maximum absolute atomic E-state index is 13.1. The van der Waals surface area contributed by atoms with Gasteiger partial charge in [-0.2, -0.15) is 0 Å². The second kappa shape index (κ2) is 11.4. The minimum absolute atomic E-state index is 0.00870. The first-order valence-electron chi connectivity index (χ1n) is 10.8. The summed E-state index contributed by atoms with van der Waals surface area (Å²) in [5.41, 5.74) is 1.02. The molecule has 1 N–H and O–H groups in total. The summed E-state index contributed by atoms with van der Waals surface area (Å²) in [5.74, 6) is -0.146. The van der Waals surface area contributed by atoms with E-state index in [9.17, 15) is 14.7 Å². The molecule has 1 heterocycles. The first-order chi connectivity index (χ1) is 16.5. The minimum Gasteiger partial charge on any atom is -0.507 e. The molecule has 8 heteroatoms. The summed E-state index contributed by atoms with van der Waals surface area (Å²) < 4.78 is 21.4. The topological polar surface area (TPSA) is 94.5 Å². The lowest BCUT2D eigenvalue weighted by Crippen LogP contribution is -2.31. The van der Waals surface area contributed by atoms with Crippen LogP contribution in [0.4, 0.5) is 0 Å². The maximum Gasteiger partial charge on any atom is 0.295 e. The first kappa shape index (κ1) is 24.9. The average molecular weight is 468 g/mol. The Hall–Kier alpha value is -3.78. The third-order valence-electron chi connectivity index (χ3n) is 5.51. The highest BCUT2D eigenvalue weighted by Crippen LogP contribution is 2.42. The van der Waals surface area contributed by atoms with Crippen LogP contribution < -0.4 is 14.2 Å². The van der Waals surface area contributed by atoms with E-state index in [0.29, 0.717) is 48.0 Å². The molecule has 1 aliphatic rings. The monoisotopic (exact) mass is 467 g/mol. The molecule has 1 unspecified atom stereocenters. The summed E-state index contributed by atoms with van der Waals surface area (Å²) >= 11 is 0. The molecule has 0 saturated carbocycles. The third-order valence-corrected chi connectivity index (χ3v) is 5.51. The van der Waals surface area contributed by atoms with Gasteiger partial charge in [0, 0.05) is 25.8 Å². The molecule has 3 rings (SSSR count). The smallest absolute Gasteiger partial charge is 0.295 e. The number of likely N-dealkylation sites (tertiary alicyclic amines) is 1. The summed E-state index contributed by atoms with van der Waals surface area (Å²) in [7, 11) is 4.62. The van der Waals surface area contributed by atoms with E-state index in [4.69, 9.17) is 18.9 Å². The number of hydrogen-bond donors (Lipinski definition) is 1. The van der Waals surface area contributed by atoms with Crippen molar-refractivity contribution in [2.24, 2.45) is 0 Å². The number of hydrogen-bond acceptors (Lipinski definition) is 7. The lowest BCUT2D eigenvalue weighted by atomic mass is 9.95. The van der Waals surface area contributed by atoms with Crippen LogP contribution in [0.25, 0.3) is 5.76 Å². The van der Waals surface area contributed by atoms with Crippen LogP contribution in [0.3, 0.4) is 0 Å². The summed E-state index contributed by atoms with van der Waals surface area (Å²) in [6, 6.07) is 11.0. The number of carbonyl (C=O) groups is 2. The van der Waals surface area contributed by atoms with Crippen LogP contribution in [0.5, 0.6) is 17.2 Å². The summed E-state index contributed by atoms with van der Waals surface area (Å²) in [6.45, 7) is 4.64. The molecule has 2 aromatic carbocycles. The fraction of sp³-hybridized carbons (Fsp3) is 0.308. The highest BCUT2D eigenvalue weighted by Gasteiger charge is 2.46. The van der Waals surface area contributed by atoms with Crippen LogP contribution in [-0.2, 0) is 14.3 Å². The van der Waals surface area contributed by atoms with E-state index < -0.39 is 17.7 Å². The van der Waals surface area contributed by atoms with E-state index in [2.05, 4.69) is 6.58 Å². The SMILES string of the molecule is C=CCOc1ccc(C2/C(=C(/O)c3ccc(OC)cc3)C(=O)C(=O)N2CCCOC)cc1OC. The van der Waals surface area contributed by atoms with Crippen LogP contribution in [-0.4, -0.2) is 62.8 Å². The van der Waals surface area contributed by atoms with E-state index in [1.54, 1.807) is 55.7 Å². The predicted octanol–water partition coefficient (Wildman–Crippen LogP) is 3.73. The third kappa shape index (κ3) is 5.07. The average Bonchev–Trinajstić information content (AvgIpc) is 3.12. The second-order valence-corrected chi connectivity index (χ2v) is 7.58. The number of ether oxygens (including phenoxy) is 4. The number of benzene rings is 2. The highest BCUT2D eigenvalue weighted by molar-refractivity contribution is 6.46. The Balaban J connectivity index is 2.12. The van der Waals surface area contributed by atoms with Gasteiger partial charge in [0.15, 0.2) is 11.5 Å². The van der Waals surface area contributed by atoms with Crippen LogP contribution in [0.15, 0.2) is 60.7 Å². The molecule has 180 valence electrons. The molecule has 1 aliphatic heterocycles. The quantitative estimate of drug-likeness (QED) is 0.177. The van der Waals surface area contributed by atoms with E-state index in [1.807, 2.05) is 0 Å². The Labute approximate surface area is 199 Å². The van der Waals surface area contributed by atoms with Gasteiger partial charge in [-0.25, -0.2) is 0 Å². The van der Waals surface area contributed by atoms with Gasteiger partial charge in [0.05, 0.1) is 25.8 Å². The number of amides is 1. The number of carbonyl (C=O) groups excluding carboxylic acids is 2. The Morgan fingerprint density at radius 3 is 2.41 bits per heavy atom. The van der Waals surface area contributed by atoms with Crippen LogP contribution in [0.2, 0.25) is 0 Å². The molecule has 0 radical (unpaired) electrons. The van der Waals surface area contributed by atoms with Gasteiger partial charge in [0.1, 0.15) is 18.1 Å². The molecule has 34 heavy (non-hydrogen) atoms. The molecule has 8 nitrogen and oxygen atoms in total. The molecule has 1 fully saturated rings. The molecule has 0 spiro atoms. The van der Waals surface area contributed by atoms with Crippen molar-refractivity contribution in [2.75, 3.05) is 41.1 Å². The van der Waals surface area contributed by atoms with Crippen molar-refractivity contribution in [3.63, 3.8) is 0 Å². The van der Waals surface area contributed by atoms with Crippen LogP contribution in [0.1, 0.15) is 23.6 Å². The number of aliphatic hydroxyl groups is 1. The number of Topliss-reactive ketones (excluding diaryl/α,β-unsaturated/α-hetero) is 1. The van der Waals surface area contributed by atoms with Crippen molar-refractivity contribution in [1.29, 1.82) is 0 Å². The highest BCUT2D eigenvalue weighted by atomic mass is 16.5. The Morgan fingerprint density at radius 2 is 1.79 bits per heavy atom. The van der Waals surface area contributed by atoms with Crippen molar-refractivity contribution < 1.29 is 33.6 Å². The van der Waals surface area contributed by atoms with E-state index in [1.165, 1.54) is 19.1 Å². The van der Waals surface area contributed by atoms with Gasteiger partial charge in [-0.05, 0) is 48.4 Å². The molecular weight excluding hydrogens is 438 g/mol. The van der Waals surface area contributed by atoms with Crippen molar-refractivity contribution >= 4 is 17.4 Å². The molecular formula is C26H29NO7. The van der Waals surface area contributed by atoms with Crippen molar-refractivity contribution in [3.8, 4) is 17.2 Å². The molecule has 0 aliphatic carbocycles. The largest absolute Gasteiger partial charge is 0.507 e. The van der Waals surface area contributed by atoms with Gasteiger partial charge >= 0.3 is 0 Å². The lowest BCUT2D eigenvalue weighted by molar-refractivity contribution is -0.140. The van der Waals surface area contributed by atoms with Crippen LogP contribution >= 0.6 is 0 Å². The summed E-state index contributed by atoms with van der Waals surface area (Å²) in [6.07, 6.45) is 2.15. The zero-order valence-corrected chi connectivity index (χ0v) is 19.6. The molecule has 2 aromatic rings. The van der Waals surface area contributed by atoms with Gasteiger partial charge < -0.3 is 29.0 Å². The number of aliphatic hydroxyl groups excluding tert-OH is 1. The molecule has 0 aromatic heterocycles. The van der Waals surface area contributed by atoms with Crippen molar-refractivity contribution in [2.45, 2.75) is 12.5 Å². The summed E-state index contributed by atoms with van der Waals surface area (Å²) in [4.78, 5) is 27.6. The van der Waals surface area contributed by atoms with Gasteiger partial charge in [0.2, 0.25) is 0 Å². The fourth-order valence-electron chi connectivity index (χ4n) is 3.86. The zero-order valence-electron chi connectivity index (χ0n) is 19.6. The Kier molecular flexibility index (Phi) is 8.32. The van der Waals surface area contributed by atoms with E-state index in [0.717, 1.165) is 0 Å². The first-order valence-corrected chi connectivity index (χ1v) is 10.8. The molecule has 1 atom stereocenters. The second-order valence-electron chi connectivity index (χ2n) is 7.58. The van der Waals surface area contributed by atoms with Gasteiger partial charge in [-0.15, -0.1) is 0 Å². The Bertz CT molecular complexity index is 1080. The van der Waals surface area contributed by atoms with Crippen molar-refractivity contribution in [3.05, 3.63) is 71.8 Å². The lowest BCUT2D eigenvalue weighted by Gasteiger charge is -2.26. The molecule has 0 bridgehead atoms. The number of methoxy groups -OCH3 is 3. The van der Waals surface area contributed by atoms with E-state index >= 15 is 0 Å². The maximum atomic E-state index is 13.1.